The van der Waals surface area contributed by atoms with Gasteiger partial charge in [0.05, 0.1) is 11.3 Å². The number of rotatable bonds is 6. The summed E-state index contributed by atoms with van der Waals surface area (Å²) in [6, 6.07) is 11.3. The third-order valence-electron chi connectivity index (χ3n) is 3.42. The van der Waals surface area contributed by atoms with Crippen LogP contribution >= 0.6 is 23.2 Å². The lowest BCUT2D eigenvalue weighted by molar-refractivity contribution is 0.102. The lowest BCUT2D eigenvalue weighted by Crippen LogP contribution is -2.16. The fraction of sp³-hybridized carbons (Fsp3) is 0.0556. The van der Waals surface area contributed by atoms with Crippen LogP contribution in [0.1, 0.15) is 26.3 Å². The molecule has 0 aliphatic carbocycles. The van der Waals surface area contributed by atoms with Gasteiger partial charge in [-0.3, -0.25) is 9.59 Å². The first-order chi connectivity index (χ1) is 12.0. The zero-order valence-electron chi connectivity index (χ0n) is 13.1. The molecule has 2 rings (SSSR count). The summed E-state index contributed by atoms with van der Waals surface area (Å²) in [7, 11) is 0. The number of carbonyl (C=O) groups excluding carboxylic acids is 2. The third kappa shape index (κ3) is 4.47. The summed E-state index contributed by atoms with van der Waals surface area (Å²) in [4.78, 5) is 24.9. The van der Waals surface area contributed by atoms with Crippen molar-refractivity contribution in [2.75, 3.05) is 5.32 Å². The zero-order chi connectivity index (χ0) is 18.4. The van der Waals surface area contributed by atoms with E-state index < -0.39 is 11.7 Å². The highest BCUT2D eigenvalue weighted by atomic mass is 35.5. The number of alkyl halides is 1. The fourth-order valence-electron chi connectivity index (χ4n) is 2.15. The van der Waals surface area contributed by atoms with Gasteiger partial charge in [0.15, 0.2) is 5.78 Å². The van der Waals surface area contributed by atoms with Gasteiger partial charge in [-0.15, -0.1) is 11.6 Å². The number of halogens is 2. The molecule has 0 aliphatic heterocycles. The van der Waals surface area contributed by atoms with Crippen molar-refractivity contribution in [2.24, 2.45) is 5.73 Å². The van der Waals surface area contributed by atoms with Crippen LogP contribution in [-0.2, 0) is 5.88 Å². The number of amides is 1. The fourth-order valence-corrected chi connectivity index (χ4v) is 2.49. The van der Waals surface area contributed by atoms with Gasteiger partial charge in [0.2, 0.25) is 0 Å². The molecule has 0 unspecified atom stereocenters. The lowest BCUT2D eigenvalue weighted by Gasteiger charge is -2.11. The van der Waals surface area contributed by atoms with Gasteiger partial charge in [-0.1, -0.05) is 23.7 Å². The zero-order valence-corrected chi connectivity index (χ0v) is 14.6. The van der Waals surface area contributed by atoms with Crippen LogP contribution in [0.25, 0.3) is 0 Å². The average Bonchev–Trinajstić information content (AvgIpc) is 2.64. The minimum absolute atomic E-state index is 0.0121. The number of hydrogen-bond acceptors (Lipinski definition) is 4. The third-order valence-corrected chi connectivity index (χ3v) is 3.96. The number of allylic oxidation sites excluding steroid dienone is 1. The van der Waals surface area contributed by atoms with Crippen molar-refractivity contribution in [1.82, 2.24) is 0 Å². The van der Waals surface area contributed by atoms with Crippen LogP contribution in [0.3, 0.4) is 0 Å². The van der Waals surface area contributed by atoms with Crippen LogP contribution in [0.15, 0.2) is 54.2 Å². The predicted molar refractivity (Wildman–Crippen MR) is 101 cm³/mol. The quantitative estimate of drug-likeness (QED) is 0.308. The Hall–Kier alpha value is -2.63. The number of anilines is 1. The topological polar surface area (TPSA) is 96.0 Å². The molecule has 0 spiro atoms. The van der Waals surface area contributed by atoms with E-state index in [1.165, 1.54) is 12.1 Å². The Labute approximate surface area is 154 Å². The average molecular weight is 376 g/mol. The Morgan fingerprint density at radius 3 is 2.60 bits per heavy atom. The highest BCUT2D eigenvalue weighted by Gasteiger charge is 2.17. The minimum atomic E-state index is -0.509. The van der Waals surface area contributed by atoms with Gasteiger partial charge in [0.1, 0.15) is 0 Å². The van der Waals surface area contributed by atoms with E-state index in [-0.39, 0.29) is 22.7 Å². The number of ketones is 1. The first-order valence-electron chi connectivity index (χ1n) is 7.23. The van der Waals surface area contributed by atoms with E-state index in [4.69, 9.17) is 34.3 Å². The van der Waals surface area contributed by atoms with E-state index in [0.29, 0.717) is 10.6 Å². The van der Waals surface area contributed by atoms with Crippen molar-refractivity contribution in [3.63, 3.8) is 0 Å². The monoisotopic (exact) mass is 375 g/mol. The first-order valence-corrected chi connectivity index (χ1v) is 8.14. The highest BCUT2D eigenvalue weighted by Crippen LogP contribution is 2.24. The van der Waals surface area contributed by atoms with Gasteiger partial charge in [0.25, 0.3) is 5.91 Å². The first kappa shape index (κ1) is 18.7. The van der Waals surface area contributed by atoms with Crippen molar-refractivity contribution < 1.29 is 9.59 Å². The number of benzene rings is 2. The van der Waals surface area contributed by atoms with Crippen molar-refractivity contribution >= 4 is 46.8 Å². The maximum atomic E-state index is 12.5. The molecule has 0 radical (unpaired) electrons. The summed E-state index contributed by atoms with van der Waals surface area (Å²) >= 11 is 11.7. The molecule has 5 nitrogen and oxygen atoms in total. The lowest BCUT2D eigenvalue weighted by atomic mass is 10.0. The molecule has 1 amide bonds. The molecular weight excluding hydrogens is 361 g/mol. The van der Waals surface area contributed by atoms with E-state index in [9.17, 15) is 9.59 Å². The number of nitrogens with one attached hydrogen (secondary N) is 2. The normalized spacial score (nSPS) is 11.0. The second kappa shape index (κ2) is 8.46. The molecule has 0 atom stereocenters. The molecule has 2 aromatic carbocycles. The van der Waals surface area contributed by atoms with Gasteiger partial charge in [0, 0.05) is 34.4 Å². The Balaban J connectivity index is 2.37. The van der Waals surface area contributed by atoms with Gasteiger partial charge in [-0.2, -0.15) is 0 Å². The number of Topliss-reactive ketones (excluding diaryl/α,β-unsaturated/α-hetero) is 1. The summed E-state index contributed by atoms with van der Waals surface area (Å²) in [6.07, 6.45) is 1.88. The smallest absolute Gasteiger partial charge is 0.255 e. The van der Waals surface area contributed by atoms with E-state index in [2.05, 4.69) is 5.32 Å². The van der Waals surface area contributed by atoms with Crippen molar-refractivity contribution in [3.05, 3.63) is 76.0 Å². The van der Waals surface area contributed by atoms with Crippen LogP contribution in [0.5, 0.6) is 0 Å². The Bertz CT molecular complexity index is 863. The van der Waals surface area contributed by atoms with Crippen LogP contribution in [0.2, 0.25) is 5.02 Å². The largest absolute Gasteiger partial charge is 0.404 e. The SMILES string of the molecule is N=CC(=CN)C(=O)c1cc(Cl)ccc1NC(=O)c1cccc(CCl)c1. The molecule has 0 heterocycles. The molecule has 0 aliphatic rings. The van der Waals surface area contributed by atoms with Gasteiger partial charge in [-0.25, -0.2) is 0 Å². The second-order valence-electron chi connectivity index (χ2n) is 5.07. The summed E-state index contributed by atoms with van der Waals surface area (Å²) in [5.74, 6) is -0.614. The minimum Gasteiger partial charge on any atom is -0.404 e. The summed E-state index contributed by atoms with van der Waals surface area (Å²) in [5, 5.41) is 10.3. The molecule has 4 N–H and O–H groups in total. The standard InChI is InChI=1S/C18H15Cl2N3O2/c19-8-11-2-1-3-12(6-11)18(25)23-16-5-4-14(20)7-15(16)17(24)13(9-21)10-22/h1-7,9-10,21H,8,22H2,(H,23,25). The van der Waals surface area contributed by atoms with Crippen molar-refractivity contribution in [3.8, 4) is 0 Å². The molecule has 25 heavy (non-hydrogen) atoms. The molecule has 0 saturated carbocycles. The van der Waals surface area contributed by atoms with Crippen molar-refractivity contribution in [1.29, 1.82) is 5.41 Å². The van der Waals surface area contributed by atoms with E-state index in [1.54, 1.807) is 24.3 Å². The molecule has 0 saturated heterocycles. The van der Waals surface area contributed by atoms with E-state index >= 15 is 0 Å². The Morgan fingerprint density at radius 1 is 1.20 bits per heavy atom. The van der Waals surface area contributed by atoms with E-state index in [0.717, 1.165) is 18.0 Å². The molecule has 128 valence electrons. The molecular formula is C18H15Cl2N3O2. The molecule has 0 fully saturated rings. The van der Waals surface area contributed by atoms with Crippen LogP contribution < -0.4 is 11.1 Å². The van der Waals surface area contributed by atoms with Crippen LogP contribution in [0, 0.1) is 5.41 Å². The van der Waals surface area contributed by atoms with Crippen LogP contribution in [0.4, 0.5) is 5.69 Å². The molecule has 0 bridgehead atoms. The van der Waals surface area contributed by atoms with Gasteiger partial charge in [-0.05, 0) is 35.9 Å². The maximum absolute atomic E-state index is 12.5. The Morgan fingerprint density at radius 2 is 1.96 bits per heavy atom. The van der Waals surface area contributed by atoms with Gasteiger partial charge < -0.3 is 16.5 Å². The van der Waals surface area contributed by atoms with E-state index in [1.807, 2.05) is 6.07 Å². The summed E-state index contributed by atoms with van der Waals surface area (Å²) in [5.41, 5.74) is 6.99. The summed E-state index contributed by atoms with van der Waals surface area (Å²) < 4.78 is 0. The predicted octanol–water partition coefficient (Wildman–Crippen LogP) is 4.01. The summed E-state index contributed by atoms with van der Waals surface area (Å²) in [6.45, 7) is 0. The second-order valence-corrected chi connectivity index (χ2v) is 5.78. The van der Waals surface area contributed by atoms with Crippen LogP contribution in [-0.4, -0.2) is 17.9 Å². The number of hydrogen-bond donors (Lipinski definition) is 3. The highest BCUT2D eigenvalue weighted by molar-refractivity contribution is 6.32. The maximum Gasteiger partial charge on any atom is 0.255 e. The van der Waals surface area contributed by atoms with Gasteiger partial charge >= 0.3 is 0 Å². The molecule has 0 aromatic heterocycles. The van der Waals surface area contributed by atoms with Crippen molar-refractivity contribution in [2.45, 2.75) is 5.88 Å². The number of carbonyl (C=O) groups is 2. The molecule has 7 heteroatoms. The number of nitrogens with two attached hydrogens (primary N) is 1. The Kier molecular flexibility index (Phi) is 6.33. The molecule has 2 aromatic rings.